The van der Waals surface area contributed by atoms with Crippen molar-refractivity contribution in [3.63, 3.8) is 0 Å². The third-order valence-electron chi connectivity index (χ3n) is 2.96. The summed E-state index contributed by atoms with van der Waals surface area (Å²) in [5.41, 5.74) is 1.37. The topological polar surface area (TPSA) is 29.9 Å². The van der Waals surface area contributed by atoms with Crippen molar-refractivity contribution in [2.24, 2.45) is 5.92 Å². The molecule has 78 valence electrons. The molecule has 4 heteroatoms. The highest BCUT2D eigenvalue weighted by Gasteiger charge is 2.20. The molecule has 1 aromatic heterocycles. The molecule has 0 amide bonds. The summed E-state index contributed by atoms with van der Waals surface area (Å²) in [5.74, 6) is 0.822. The fourth-order valence-corrected chi connectivity index (χ4v) is 2.55. The van der Waals surface area contributed by atoms with E-state index < -0.39 is 0 Å². The molecule has 1 aromatic rings. The van der Waals surface area contributed by atoms with Gasteiger partial charge in [0.05, 0.1) is 12.0 Å². The van der Waals surface area contributed by atoms with Gasteiger partial charge in [0.25, 0.3) is 0 Å². The summed E-state index contributed by atoms with van der Waals surface area (Å²) in [6, 6.07) is 0. The van der Waals surface area contributed by atoms with E-state index in [0.29, 0.717) is 0 Å². The maximum absolute atomic E-state index is 4.28. The number of fused-ring (bicyclic) bond motifs is 1. The molecule has 0 bridgehead atoms. The Morgan fingerprint density at radius 2 is 2.57 bits per heavy atom. The van der Waals surface area contributed by atoms with Crippen molar-refractivity contribution in [3.8, 4) is 0 Å². The van der Waals surface area contributed by atoms with Gasteiger partial charge in [0.15, 0.2) is 0 Å². The molecule has 1 aliphatic heterocycles. The summed E-state index contributed by atoms with van der Waals surface area (Å²) >= 11 is 3.50. The van der Waals surface area contributed by atoms with Gasteiger partial charge in [0, 0.05) is 6.54 Å². The Hall–Kier alpha value is -0.350. The summed E-state index contributed by atoms with van der Waals surface area (Å²) in [6.45, 7) is 2.25. The van der Waals surface area contributed by atoms with Crippen LogP contribution in [0.15, 0.2) is 10.9 Å². The summed E-state index contributed by atoms with van der Waals surface area (Å²) in [4.78, 5) is 4.28. The first-order valence-electron chi connectivity index (χ1n) is 5.15. The number of halogens is 1. The summed E-state index contributed by atoms with van der Waals surface area (Å²) in [5, 5.41) is 3.21. The van der Waals surface area contributed by atoms with Crippen LogP contribution in [0.5, 0.6) is 0 Å². The SMILES string of the molecule is CNCCC1CCn2cnc(Br)c2C1. The molecule has 2 heterocycles. The zero-order valence-corrected chi connectivity index (χ0v) is 10.0. The van der Waals surface area contributed by atoms with Crippen molar-refractivity contribution in [2.45, 2.75) is 25.8 Å². The van der Waals surface area contributed by atoms with Crippen molar-refractivity contribution >= 4 is 15.9 Å². The molecule has 0 spiro atoms. The summed E-state index contributed by atoms with van der Waals surface area (Å²) in [7, 11) is 2.02. The van der Waals surface area contributed by atoms with Gasteiger partial charge in [-0.3, -0.25) is 0 Å². The van der Waals surface area contributed by atoms with Crippen LogP contribution in [-0.2, 0) is 13.0 Å². The van der Waals surface area contributed by atoms with Crippen molar-refractivity contribution in [2.75, 3.05) is 13.6 Å². The van der Waals surface area contributed by atoms with Gasteiger partial charge in [-0.25, -0.2) is 4.98 Å². The number of nitrogens with zero attached hydrogens (tertiary/aromatic N) is 2. The van der Waals surface area contributed by atoms with Crippen LogP contribution in [0.25, 0.3) is 0 Å². The molecule has 0 fully saturated rings. The monoisotopic (exact) mass is 257 g/mol. The highest BCUT2D eigenvalue weighted by molar-refractivity contribution is 9.10. The number of rotatable bonds is 3. The lowest BCUT2D eigenvalue weighted by atomic mass is 9.93. The average molecular weight is 258 g/mol. The first-order chi connectivity index (χ1) is 6.81. The maximum Gasteiger partial charge on any atom is 0.127 e. The van der Waals surface area contributed by atoms with E-state index in [1.54, 1.807) is 0 Å². The van der Waals surface area contributed by atoms with Gasteiger partial charge in [-0.2, -0.15) is 0 Å². The Balaban J connectivity index is 2.01. The third-order valence-corrected chi connectivity index (χ3v) is 3.62. The molecule has 3 nitrogen and oxygen atoms in total. The normalized spacial score (nSPS) is 20.9. The average Bonchev–Trinajstić information content (AvgIpc) is 2.57. The first kappa shape index (κ1) is 10.2. The first-order valence-corrected chi connectivity index (χ1v) is 5.94. The smallest absolute Gasteiger partial charge is 0.127 e. The quantitative estimate of drug-likeness (QED) is 0.896. The van der Waals surface area contributed by atoms with E-state index in [4.69, 9.17) is 0 Å². The molecule has 1 unspecified atom stereocenters. The number of aryl methyl sites for hydroxylation is 1. The van der Waals surface area contributed by atoms with Gasteiger partial charge in [0.1, 0.15) is 4.60 Å². The van der Waals surface area contributed by atoms with E-state index in [-0.39, 0.29) is 0 Å². The highest BCUT2D eigenvalue weighted by atomic mass is 79.9. The minimum absolute atomic E-state index is 0.822. The number of imidazole rings is 1. The summed E-state index contributed by atoms with van der Waals surface area (Å²) in [6.07, 6.45) is 5.67. The van der Waals surface area contributed by atoms with Crippen LogP contribution in [0.4, 0.5) is 0 Å². The molecule has 1 aliphatic rings. The number of aromatic nitrogens is 2. The standard InChI is InChI=1S/C10H16BrN3/c1-12-4-2-8-3-5-14-7-13-10(11)9(14)6-8/h7-8,12H,2-6H2,1H3. The second-order valence-electron chi connectivity index (χ2n) is 3.93. The Labute approximate surface area is 93.0 Å². The van der Waals surface area contributed by atoms with E-state index >= 15 is 0 Å². The zero-order chi connectivity index (χ0) is 9.97. The molecule has 0 radical (unpaired) electrons. The van der Waals surface area contributed by atoms with Gasteiger partial charge >= 0.3 is 0 Å². The van der Waals surface area contributed by atoms with Crippen LogP contribution in [0.1, 0.15) is 18.5 Å². The second-order valence-corrected chi connectivity index (χ2v) is 4.68. The van der Waals surface area contributed by atoms with Gasteiger partial charge in [-0.05, 0) is 54.7 Å². The molecule has 14 heavy (non-hydrogen) atoms. The second kappa shape index (κ2) is 4.45. The fraction of sp³-hybridized carbons (Fsp3) is 0.700. The maximum atomic E-state index is 4.28. The Morgan fingerprint density at radius 1 is 1.71 bits per heavy atom. The van der Waals surface area contributed by atoms with Gasteiger partial charge in [-0.1, -0.05) is 0 Å². The molecule has 0 saturated carbocycles. The number of hydrogen-bond donors (Lipinski definition) is 1. The van der Waals surface area contributed by atoms with E-state index in [0.717, 1.165) is 23.6 Å². The Bertz CT molecular complexity index is 308. The van der Waals surface area contributed by atoms with Crippen LogP contribution < -0.4 is 5.32 Å². The van der Waals surface area contributed by atoms with Crippen LogP contribution in [0.3, 0.4) is 0 Å². The van der Waals surface area contributed by atoms with Crippen LogP contribution in [-0.4, -0.2) is 23.1 Å². The highest BCUT2D eigenvalue weighted by Crippen LogP contribution is 2.27. The minimum atomic E-state index is 0.822. The van der Waals surface area contributed by atoms with E-state index in [1.807, 2.05) is 13.4 Å². The van der Waals surface area contributed by atoms with Gasteiger partial charge < -0.3 is 9.88 Å². The molecule has 0 saturated heterocycles. The van der Waals surface area contributed by atoms with E-state index in [1.165, 1.54) is 25.0 Å². The molecule has 2 rings (SSSR count). The number of hydrogen-bond acceptors (Lipinski definition) is 2. The number of nitrogens with one attached hydrogen (secondary N) is 1. The molecule has 0 aromatic carbocycles. The van der Waals surface area contributed by atoms with E-state index in [9.17, 15) is 0 Å². The predicted octanol–water partition coefficient (Wildman–Crippen LogP) is 1.82. The van der Waals surface area contributed by atoms with Crippen LogP contribution >= 0.6 is 15.9 Å². The van der Waals surface area contributed by atoms with Crippen molar-refractivity contribution in [1.82, 2.24) is 14.9 Å². The Morgan fingerprint density at radius 3 is 3.36 bits per heavy atom. The predicted molar refractivity (Wildman–Crippen MR) is 60.3 cm³/mol. The molecular formula is C10H16BrN3. The van der Waals surface area contributed by atoms with Gasteiger partial charge in [-0.15, -0.1) is 0 Å². The third kappa shape index (κ3) is 2.01. The van der Waals surface area contributed by atoms with Crippen molar-refractivity contribution in [3.05, 3.63) is 16.6 Å². The lowest BCUT2D eigenvalue weighted by molar-refractivity contribution is 0.363. The summed E-state index contributed by atoms with van der Waals surface area (Å²) < 4.78 is 3.30. The zero-order valence-electron chi connectivity index (χ0n) is 8.46. The molecule has 0 aliphatic carbocycles. The molecule has 1 N–H and O–H groups in total. The van der Waals surface area contributed by atoms with Crippen molar-refractivity contribution in [1.29, 1.82) is 0 Å². The lowest BCUT2D eigenvalue weighted by Gasteiger charge is -2.23. The minimum Gasteiger partial charge on any atom is -0.333 e. The van der Waals surface area contributed by atoms with Crippen molar-refractivity contribution < 1.29 is 0 Å². The fourth-order valence-electron chi connectivity index (χ4n) is 2.07. The lowest BCUT2D eigenvalue weighted by Crippen LogP contribution is -2.22. The van der Waals surface area contributed by atoms with Crippen LogP contribution in [0.2, 0.25) is 0 Å². The Kier molecular flexibility index (Phi) is 3.23. The largest absolute Gasteiger partial charge is 0.333 e. The van der Waals surface area contributed by atoms with E-state index in [2.05, 4.69) is 30.8 Å². The van der Waals surface area contributed by atoms with Gasteiger partial charge in [0.2, 0.25) is 0 Å². The molecule has 1 atom stereocenters. The van der Waals surface area contributed by atoms with Crippen LogP contribution in [0, 0.1) is 5.92 Å². The molecular weight excluding hydrogens is 242 g/mol.